The summed E-state index contributed by atoms with van der Waals surface area (Å²) in [6, 6.07) is 0. The maximum atomic E-state index is 11.3. The van der Waals surface area contributed by atoms with E-state index in [0.29, 0.717) is 36.0 Å². The second-order valence-corrected chi connectivity index (χ2v) is 2.81. The molecule has 0 unspecified atom stereocenters. The third-order valence-corrected chi connectivity index (χ3v) is 2.08. The molecule has 0 spiro atoms. The first-order chi connectivity index (χ1) is 6.74. The van der Waals surface area contributed by atoms with Crippen molar-refractivity contribution in [1.29, 1.82) is 0 Å². The van der Waals surface area contributed by atoms with Crippen LogP contribution >= 0.6 is 0 Å². The van der Waals surface area contributed by atoms with Gasteiger partial charge in [0, 0.05) is 6.42 Å². The largest absolute Gasteiger partial charge is 0.500 e. The van der Waals surface area contributed by atoms with Gasteiger partial charge in [0.15, 0.2) is 6.29 Å². The Morgan fingerprint density at radius 2 is 2.21 bits per heavy atom. The van der Waals surface area contributed by atoms with E-state index in [9.17, 15) is 9.59 Å². The van der Waals surface area contributed by atoms with Crippen molar-refractivity contribution < 1.29 is 19.1 Å². The summed E-state index contributed by atoms with van der Waals surface area (Å²) in [6.07, 6.45) is 3.65. The molecule has 0 radical (unpaired) electrons. The Bertz CT molecular complexity index is 312. The minimum Gasteiger partial charge on any atom is -0.500 e. The smallest absolute Gasteiger partial charge is 0.338 e. The summed E-state index contributed by atoms with van der Waals surface area (Å²) in [5, 5.41) is 0. The lowest BCUT2D eigenvalue weighted by atomic mass is 9.97. The van der Waals surface area contributed by atoms with Crippen molar-refractivity contribution in [3.8, 4) is 0 Å². The van der Waals surface area contributed by atoms with Crippen LogP contribution in [0.3, 0.4) is 0 Å². The molecular weight excluding hydrogens is 184 g/mol. The molecule has 0 fully saturated rings. The Morgan fingerprint density at radius 3 is 2.71 bits per heavy atom. The number of rotatable bonds is 3. The Morgan fingerprint density at radius 1 is 1.50 bits per heavy atom. The minimum atomic E-state index is -0.499. The molecule has 0 atom stereocenters. The average Bonchev–Trinajstić information content (AvgIpc) is 2.26. The van der Waals surface area contributed by atoms with E-state index < -0.39 is 5.97 Å². The van der Waals surface area contributed by atoms with E-state index >= 15 is 0 Å². The summed E-state index contributed by atoms with van der Waals surface area (Å²) < 4.78 is 9.58. The second kappa shape index (κ2) is 4.60. The maximum absolute atomic E-state index is 11.3. The van der Waals surface area contributed by atoms with Gasteiger partial charge in [0.25, 0.3) is 0 Å². The third-order valence-electron chi connectivity index (χ3n) is 2.08. The molecule has 0 aromatic carbocycles. The van der Waals surface area contributed by atoms with Gasteiger partial charge < -0.3 is 9.47 Å². The molecule has 0 saturated carbocycles. The number of allylic oxidation sites excluding steroid dienone is 2. The lowest BCUT2D eigenvalue weighted by Crippen LogP contribution is -2.13. The van der Waals surface area contributed by atoms with E-state index in [4.69, 9.17) is 4.74 Å². The van der Waals surface area contributed by atoms with Gasteiger partial charge in [0.2, 0.25) is 0 Å². The van der Waals surface area contributed by atoms with Crippen LogP contribution in [0.5, 0.6) is 0 Å². The summed E-state index contributed by atoms with van der Waals surface area (Å²) in [5.41, 5.74) is 0.594. The molecule has 0 N–H and O–H groups in total. The standard InChI is InChI=1S/C10H12O4/c1-13-9-5-3-4-7(8(9)6-11)10(12)14-2/h4,6H,3,5H2,1-2H3. The fourth-order valence-electron chi connectivity index (χ4n) is 1.39. The van der Waals surface area contributed by atoms with Gasteiger partial charge in [-0.15, -0.1) is 0 Å². The van der Waals surface area contributed by atoms with Crippen LogP contribution in [-0.2, 0) is 19.1 Å². The van der Waals surface area contributed by atoms with Crippen LogP contribution in [-0.4, -0.2) is 26.5 Å². The fraction of sp³-hybridized carbons (Fsp3) is 0.400. The van der Waals surface area contributed by atoms with E-state index in [-0.39, 0.29) is 0 Å². The van der Waals surface area contributed by atoms with Crippen LogP contribution in [0.25, 0.3) is 0 Å². The van der Waals surface area contributed by atoms with E-state index in [2.05, 4.69) is 4.74 Å². The third kappa shape index (κ3) is 1.84. The number of methoxy groups -OCH3 is 2. The van der Waals surface area contributed by atoms with Crippen molar-refractivity contribution in [2.75, 3.05) is 14.2 Å². The monoisotopic (exact) mass is 196 g/mol. The van der Waals surface area contributed by atoms with E-state index in [0.717, 1.165) is 0 Å². The second-order valence-electron chi connectivity index (χ2n) is 2.81. The number of aldehydes is 1. The number of carbonyl (C=O) groups excluding carboxylic acids is 2. The molecule has 0 aliphatic heterocycles. The predicted octanol–water partition coefficient (Wildman–Crippen LogP) is 0.979. The SMILES string of the molecule is COC(=O)C1=CCCC(OC)=C1C=O. The molecule has 4 heteroatoms. The van der Waals surface area contributed by atoms with Gasteiger partial charge in [-0.25, -0.2) is 4.79 Å². The molecule has 14 heavy (non-hydrogen) atoms. The zero-order chi connectivity index (χ0) is 10.6. The normalized spacial score (nSPS) is 16.0. The molecule has 0 saturated heterocycles. The van der Waals surface area contributed by atoms with Gasteiger partial charge in [0.1, 0.15) is 5.76 Å². The minimum absolute atomic E-state index is 0.297. The topological polar surface area (TPSA) is 52.6 Å². The highest BCUT2D eigenvalue weighted by Gasteiger charge is 2.22. The first kappa shape index (κ1) is 10.5. The van der Waals surface area contributed by atoms with E-state index in [1.165, 1.54) is 14.2 Å². The van der Waals surface area contributed by atoms with Crippen LogP contribution in [0.15, 0.2) is 23.0 Å². The average molecular weight is 196 g/mol. The van der Waals surface area contributed by atoms with E-state index in [1.54, 1.807) is 6.08 Å². The van der Waals surface area contributed by atoms with Crippen LogP contribution < -0.4 is 0 Å². The van der Waals surface area contributed by atoms with E-state index in [1.807, 2.05) is 0 Å². The lowest BCUT2D eigenvalue weighted by Gasteiger charge is -2.15. The lowest BCUT2D eigenvalue weighted by molar-refractivity contribution is -0.136. The summed E-state index contributed by atoms with van der Waals surface area (Å²) in [7, 11) is 2.77. The number of esters is 1. The number of carbonyl (C=O) groups is 2. The number of ether oxygens (including phenoxy) is 2. The molecular formula is C10H12O4. The summed E-state index contributed by atoms with van der Waals surface area (Å²) in [5.74, 6) is 0.0456. The maximum Gasteiger partial charge on any atom is 0.338 e. The van der Waals surface area contributed by atoms with Crippen LogP contribution in [0, 0.1) is 0 Å². The van der Waals surface area contributed by atoms with Gasteiger partial charge in [0.05, 0.1) is 25.4 Å². The fourth-order valence-corrected chi connectivity index (χ4v) is 1.39. The predicted molar refractivity (Wildman–Crippen MR) is 49.4 cm³/mol. The van der Waals surface area contributed by atoms with Crippen molar-refractivity contribution in [3.63, 3.8) is 0 Å². The van der Waals surface area contributed by atoms with Crippen molar-refractivity contribution >= 4 is 12.3 Å². The van der Waals surface area contributed by atoms with Crippen molar-refractivity contribution in [2.45, 2.75) is 12.8 Å². The first-order valence-corrected chi connectivity index (χ1v) is 4.25. The molecule has 1 aliphatic carbocycles. The Kier molecular flexibility index (Phi) is 3.45. The molecule has 4 nitrogen and oxygen atoms in total. The molecule has 0 amide bonds. The molecule has 0 bridgehead atoms. The van der Waals surface area contributed by atoms with Gasteiger partial charge >= 0.3 is 5.97 Å². The number of hydrogen-bond donors (Lipinski definition) is 0. The Hall–Kier alpha value is -1.58. The van der Waals surface area contributed by atoms with Gasteiger partial charge in [-0.3, -0.25) is 4.79 Å². The highest BCUT2D eigenvalue weighted by atomic mass is 16.5. The number of hydrogen-bond acceptors (Lipinski definition) is 4. The highest BCUT2D eigenvalue weighted by Crippen LogP contribution is 2.24. The summed E-state index contributed by atoms with van der Waals surface area (Å²) in [6.45, 7) is 0. The summed E-state index contributed by atoms with van der Waals surface area (Å²) >= 11 is 0. The molecule has 0 aromatic heterocycles. The Balaban J connectivity index is 3.06. The van der Waals surface area contributed by atoms with Crippen LogP contribution in [0.4, 0.5) is 0 Å². The molecule has 0 aromatic rings. The van der Waals surface area contributed by atoms with Gasteiger partial charge in [-0.2, -0.15) is 0 Å². The van der Waals surface area contributed by atoms with Crippen molar-refractivity contribution in [2.24, 2.45) is 0 Å². The summed E-state index contributed by atoms with van der Waals surface area (Å²) in [4.78, 5) is 22.0. The molecule has 0 heterocycles. The zero-order valence-corrected chi connectivity index (χ0v) is 8.20. The molecule has 76 valence electrons. The zero-order valence-electron chi connectivity index (χ0n) is 8.20. The first-order valence-electron chi connectivity index (χ1n) is 4.25. The van der Waals surface area contributed by atoms with Crippen molar-refractivity contribution in [3.05, 3.63) is 23.0 Å². The Labute approximate surface area is 82.2 Å². The molecule has 1 aliphatic rings. The quantitative estimate of drug-likeness (QED) is 0.498. The van der Waals surface area contributed by atoms with Gasteiger partial charge in [-0.1, -0.05) is 6.08 Å². The van der Waals surface area contributed by atoms with Crippen molar-refractivity contribution in [1.82, 2.24) is 0 Å². The van der Waals surface area contributed by atoms with Crippen LogP contribution in [0.1, 0.15) is 12.8 Å². The molecule has 1 rings (SSSR count). The van der Waals surface area contributed by atoms with Gasteiger partial charge in [-0.05, 0) is 6.42 Å². The van der Waals surface area contributed by atoms with Crippen LogP contribution in [0.2, 0.25) is 0 Å². The highest BCUT2D eigenvalue weighted by molar-refractivity contribution is 6.02.